The van der Waals surface area contributed by atoms with E-state index in [0.29, 0.717) is 19.6 Å². The van der Waals surface area contributed by atoms with Crippen LogP contribution in [-0.4, -0.2) is 36.5 Å². The second-order valence-electron chi connectivity index (χ2n) is 4.98. The molecule has 0 spiro atoms. The Hall–Kier alpha value is -1.00. The van der Waals surface area contributed by atoms with Crippen molar-refractivity contribution >= 4 is 0 Å². The van der Waals surface area contributed by atoms with Gasteiger partial charge in [-0.25, -0.2) is 8.78 Å². The Kier molecular flexibility index (Phi) is 2.64. The number of nitrogens with one attached hydrogen (secondary N) is 1. The maximum absolute atomic E-state index is 13.8. The first-order valence-corrected chi connectivity index (χ1v) is 6.03. The zero-order valence-electron chi connectivity index (χ0n) is 9.57. The van der Waals surface area contributed by atoms with E-state index in [-0.39, 0.29) is 12.6 Å². The Balaban J connectivity index is 1.77. The van der Waals surface area contributed by atoms with E-state index < -0.39 is 11.8 Å². The van der Waals surface area contributed by atoms with Crippen LogP contribution >= 0.6 is 0 Å². The SMILES string of the molecule is FC1(F)CN(Cc2ccccc2)[C@H]2CNC[C@H]21. The number of nitrogens with zero attached hydrogens (tertiary/aromatic N) is 1. The molecule has 92 valence electrons. The van der Waals surface area contributed by atoms with Crippen LogP contribution in [0, 0.1) is 5.92 Å². The van der Waals surface area contributed by atoms with E-state index in [0.717, 1.165) is 5.56 Å². The normalized spacial score (nSPS) is 31.6. The third-order valence-electron chi connectivity index (χ3n) is 3.84. The van der Waals surface area contributed by atoms with Crippen molar-refractivity contribution in [2.75, 3.05) is 19.6 Å². The molecule has 17 heavy (non-hydrogen) atoms. The number of likely N-dealkylation sites (tertiary alicyclic amines) is 1. The Bertz CT molecular complexity index is 394. The summed E-state index contributed by atoms with van der Waals surface area (Å²) in [6, 6.07) is 9.83. The van der Waals surface area contributed by atoms with Gasteiger partial charge < -0.3 is 5.32 Å². The molecule has 2 aliphatic rings. The lowest BCUT2D eigenvalue weighted by atomic mass is 10.0. The molecule has 0 amide bonds. The summed E-state index contributed by atoms with van der Waals surface area (Å²) in [7, 11) is 0. The van der Waals surface area contributed by atoms with E-state index in [1.165, 1.54) is 0 Å². The van der Waals surface area contributed by atoms with Gasteiger partial charge in [0.1, 0.15) is 0 Å². The van der Waals surface area contributed by atoms with Crippen LogP contribution in [0.3, 0.4) is 0 Å². The van der Waals surface area contributed by atoms with Crippen LogP contribution in [0.25, 0.3) is 0 Å². The molecule has 0 aromatic heterocycles. The summed E-state index contributed by atoms with van der Waals surface area (Å²) in [4.78, 5) is 1.92. The Labute approximate surface area is 99.6 Å². The third-order valence-corrected chi connectivity index (χ3v) is 3.84. The van der Waals surface area contributed by atoms with Gasteiger partial charge in [-0.3, -0.25) is 4.90 Å². The van der Waals surface area contributed by atoms with Crippen LogP contribution in [0.15, 0.2) is 30.3 Å². The Morgan fingerprint density at radius 2 is 2.00 bits per heavy atom. The minimum absolute atomic E-state index is 0.00907. The molecule has 1 N–H and O–H groups in total. The fraction of sp³-hybridized carbons (Fsp3) is 0.538. The van der Waals surface area contributed by atoms with E-state index in [9.17, 15) is 8.78 Å². The first-order valence-electron chi connectivity index (χ1n) is 6.03. The third kappa shape index (κ3) is 1.96. The molecule has 0 aliphatic carbocycles. The van der Waals surface area contributed by atoms with E-state index in [2.05, 4.69) is 5.32 Å². The number of alkyl halides is 2. The average molecular weight is 238 g/mol. The standard InChI is InChI=1S/C13H16F2N2/c14-13(15)9-17(12-7-16-6-11(12)13)8-10-4-2-1-3-5-10/h1-5,11-12,16H,6-9H2/t11-,12+/m1/s1. The molecule has 2 saturated heterocycles. The number of rotatable bonds is 2. The first kappa shape index (κ1) is 11.1. The number of fused-ring (bicyclic) bond motifs is 1. The topological polar surface area (TPSA) is 15.3 Å². The molecule has 1 aromatic carbocycles. The van der Waals surface area contributed by atoms with Crippen molar-refractivity contribution in [1.82, 2.24) is 10.2 Å². The van der Waals surface area contributed by atoms with Gasteiger partial charge in [0.05, 0.1) is 12.5 Å². The molecule has 2 atom stereocenters. The lowest BCUT2D eigenvalue weighted by Gasteiger charge is -2.21. The Morgan fingerprint density at radius 1 is 1.24 bits per heavy atom. The Morgan fingerprint density at radius 3 is 2.76 bits per heavy atom. The number of hydrogen-bond acceptors (Lipinski definition) is 2. The summed E-state index contributed by atoms with van der Waals surface area (Å²) in [6.45, 7) is 1.66. The summed E-state index contributed by atoms with van der Waals surface area (Å²) in [6.07, 6.45) is 0. The van der Waals surface area contributed by atoms with Gasteiger partial charge in [0.15, 0.2) is 0 Å². The maximum atomic E-state index is 13.8. The van der Waals surface area contributed by atoms with Crippen LogP contribution < -0.4 is 5.32 Å². The fourth-order valence-corrected chi connectivity index (χ4v) is 2.98. The summed E-state index contributed by atoms with van der Waals surface area (Å²) in [5.74, 6) is -3.05. The van der Waals surface area contributed by atoms with Gasteiger partial charge >= 0.3 is 0 Å². The first-order chi connectivity index (χ1) is 8.17. The minimum atomic E-state index is -2.54. The molecule has 2 aliphatic heterocycles. The monoisotopic (exact) mass is 238 g/mol. The van der Waals surface area contributed by atoms with Crippen molar-refractivity contribution < 1.29 is 8.78 Å². The molecule has 4 heteroatoms. The van der Waals surface area contributed by atoms with Gasteiger partial charge in [-0.15, -0.1) is 0 Å². The molecular weight excluding hydrogens is 222 g/mol. The maximum Gasteiger partial charge on any atom is 0.266 e. The number of halogens is 2. The second kappa shape index (κ2) is 4.03. The highest BCUT2D eigenvalue weighted by molar-refractivity contribution is 5.16. The predicted octanol–water partition coefficient (Wildman–Crippen LogP) is 1.73. The molecule has 0 radical (unpaired) electrons. The van der Waals surface area contributed by atoms with Crippen LogP contribution in [0.1, 0.15) is 5.56 Å². The molecule has 2 fully saturated rings. The van der Waals surface area contributed by atoms with Crippen molar-refractivity contribution in [2.24, 2.45) is 5.92 Å². The highest BCUT2D eigenvalue weighted by Gasteiger charge is 2.55. The van der Waals surface area contributed by atoms with Crippen LogP contribution in [-0.2, 0) is 6.54 Å². The summed E-state index contributed by atoms with van der Waals surface area (Å²) in [5, 5.41) is 3.07. The van der Waals surface area contributed by atoms with Crippen molar-refractivity contribution in [3.8, 4) is 0 Å². The summed E-state index contributed by atoms with van der Waals surface area (Å²) >= 11 is 0. The van der Waals surface area contributed by atoms with Gasteiger partial charge in [-0.05, 0) is 5.56 Å². The van der Waals surface area contributed by atoms with E-state index in [1.54, 1.807) is 0 Å². The largest absolute Gasteiger partial charge is 0.315 e. The molecule has 0 bridgehead atoms. The highest BCUT2D eigenvalue weighted by Crippen LogP contribution is 2.40. The molecule has 0 unspecified atom stereocenters. The van der Waals surface area contributed by atoms with Gasteiger partial charge in [0.25, 0.3) is 5.92 Å². The molecular formula is C13H16F2N2. The molecule has 0 saturated carbocycles. The van der Waals surface area contributed by atoms with Crippen molar-refractivity contribution in [2.45, 2.75) is 18.5 Å². The molecule has 2 nitrogen and oxygen atoms in total. The van der Waals surface area contributed by atoms with Gasteiger partial charge in [0.2, 0.25) is 0 Å². The van der Waals surface area contributed by atoms with Crippen molar-refractivity contribution in [1.29, 1.82) is 0 Å². The molecule has 3 rings (SSSR count). The van der Waals surface area contributed by atoms with Crippen LogP contribution in [0.2, 0.25) is 0 Å². The smallest absolute Gasteiger partial charge is 0.266 e. The van der Waals surface area contributed by atoms with Crippen molar-refractivity contribution in [3.05, 3.63) is 35.9 Å². The fourth-order valence-electron chi connectivity index (χ4n) is 2.98. The second-order valence-corrected chi connectivity index (χ2v) is 4.98. The van der Waals surface area contributed by atoms with Crippen LogP contribution in [0.4, 0.5) is 8.78 Å². The van der Waals surface area contributed by atoms with Crippen molar-refractivity contribution in [3.63, 3.8) is 0 Å². The summed E-state index contributed by atoms with van der Waals surface area (Å²) < 4.78 is 27.5. The molecule has 2 heterocycles. The number of hydrogen-bond donors (Lipinski definition) is 1. The minimum Gasteiger partial charge on any atom is -0.315 e. The molecule has 1 aromatic rings. The lowest BCUT2D eigenvalue weighted by molar-refractivity contribution is -0.0245. The van der Waals surface area contributed by atoms with E-state index in [4.69, 9.17) is 0 Å². The zero-order valence-corrected chi connectivity index (χ0v) is 9.57. The van der Waals surface area contributed by atoms with Crippen LogP contribution in [0.5, 0.6) is 0 Å². The quantitative estimate of drug-likeness (QED) is 0.844. The van der Waals surface area contributed by atoms with E-state index >= 15 is 0 Å². The highest BCUT2D eigenvalue weighted by atomic mass is 19.3. The van der Waals surface area contributed by atoms with Gasteiger partial charge in [-0.2, -0.15) is 0 Å². The van der Waals surface area contributed by atoms with Gasteiger partial charge in [-0.1, -0.05) is 30.3 Å². The zero-order chi connectivity index (χ0) is 11.9. The average Bonchev–Trinajstić information content (AvgIpc) is 2.85. The summed E-state index contributed by atoms with van der Waals surface area (Å²) in [5.41, 5.74) is 1.11. The van der Waals surface area contributed by atoms with Gasteiger partial charge in [0, 0.05) is 25.7 Å². The number of benzene rings is 1. The lowest BCUT2D eigenvalue weighted by Crippen LogP contribution is -2.34. The predicted molar refractivity (Wildman–Crippen MR) is 61.9 cm³/mol. The van der Waals surface area contributed by atoms with E-state index in [1.807, 2.05) is 35.2 Å².